The molecule has 0 saturated heterocycles. The van der Waals surface area contributed by atoms with Crippen molar-refractivity contribution in [3.8, 4) is 5.75 Å². The summed E-state index contributed by atoms with van der Waals surface area (Å²) in [5.41, 5.74) is 4.58. The quantitative estimate of drug-likeness (QED) is 0.505. The Morgan fingerprint density at radius 3 is 2.71 bits per heavy atom. The van der Waals surface area contributed by atoms with Crippen LogP contribution in [0.2, 0.25) is 5.02 Å². The molecule has 8 heteroatoms. The molecule has 6 nitrogen and oxygen atoms in total. The minimum atomic E-state index is -0.744. The van der Waals surface area contributed by atoms with Gasteiger partial charge >= 0.3 is 0 Å². The van der Waals surface area contributed by atoms with Crippen LogP contribution in [-0.2, 0) is 4.79 Å². The van der Waals surface area contributed by atoms with E-state index in [4.69, 9.17) is 17.3 Å². The number of amides is 1. The molecule has 0 spiro atoms. The van der Waals surface area contributed by atoms with E-state index in [1.165, 1.54) is 0 Å². The van der Waals surface area contributed by atoms with Gasteiger partial charge in [-0.3, -0.25) is 14.9 Å². The van der Waals surface area contributed by atoms with Gasteiger partial charge in [-0.2, -0.15) is 0 Å². The zero-order valence-corrected chi connectivity index (χ0v) is 10.5. The van der Waals surface area contributed by atoms with E-state index in [1.807, 2.05) is 0 Å². The maximum absolute atomic E-state index is 10.7. The number of primary amides is 1. The van der Waals surface area contributed by atoms with E-state index >= 15 is 0 Å². The highest BCUT2D eigenvalue weighted by atomic mass is 79.9. The second kappa shape index (κ2) is 5.15. The number of aromatic hydroxyl groups is 1. The number of nitrogens with zero attached hydrogens (tertiary/aromatic N) is 1. The summed E-state index contributed by atoms with van der Waals surface area (Å²) < 4.78 is -0.0297. The van der Waals surface area contributed by atoms with Crippen LogP contribution in [0.3, 0.4) is 0 Å². The summed E-state index contributed by atoms with van der Waals surface area (Å²) in [4.78, 5) is 20.6. The van der Waals surface area contributed by atoms with Gasteiger partial charge in [-0.1, -0.05) is 11.6 Å². The average molecular weight is 322 g/mol. The number of hydrogen-bond acceptors (Lipinski definition) is 4. The molecule has 3 N–H and O–H groups in total. The normalized spacial score (nSPS) is 10.7. The van der Waals surface area contributed by atoms with Crippen LogP contribution in [0.25, 0.3) is 6.08 Å². The average Bonchev–Trinajstić information content (AvgIpc) is 2.24. The lowest BCUT2D eigenvalue weighted by molar-refractivity contribution is -0.385. The first-order valence-electron chi connectivity index (χ1n) is 4.17. The molecular formula is C9H6BrClN2O4. The van der Waals surface area contributed by atoms with Gasteiger partial charge in [0, 0.05) is 17.7 Å². The summed E-state index contributed by atoms with van der Waals surface area (Å²) in [6.45, 7) is 0. The van der Waals surface area contributed by atoms with E-state index in [1.54, 1.807) is 0 Å². The van der Waals surface area contributed by atoms with Crippen LogP contribution in [0, 0.1) is 10.1 Å². The smallest absolute Gasteiger partial charge is 0.285 e. The Morgan fingerprint density at radius 2 is 2.24 bits per heavy atom. The van der Waals surface area contributed by atoms with Crippen LogP contribution >= 0.6 is 27.5 Å². The summed E-state index contributed by atoms with van der Waals surface area (Å²) in [6, 6.07) is 1.07. The molecule has 17 heavy (non-hydrogen) atoms. The number of phenols is 1. The summed E-state index contributed by atoms with van der Waals surface area (Å²) in [5, 5.41) is 20.1. The Bertz CT molecular complexity index is 530. The number of nitro benzene ring substituents is 1. The first-order chi connectivity index (χ1) is 7.84. The first kappa shape index (κ1) is 13.5. The van der Waals surface area contributed by atoms with Crippen LogP contribution in [0.15, 0.2) is 16.6 Å². The summed E-state index contributed by atoms with van der Waals surface area (Å²) >= 11 is 8.59. The number of nitro groups is 1. The third-order valence-electron chi connectivity index (χ3n) is 1.82. The van der Waals surface area contributed by atoms with E-state index in [0.29, 0.717) is 0 Å². The molecule has 1 rings (SSSR count). The van der Waals surface area contributed by atoms with Crippen LogP contribution in [0.4, 0.5) is 5.69 Å². The van der Waals surface area contributed by atoms with E-state index in [0.717, 1.165) is 18.2 Å². The van der Waals surface area contributed by atoms with Crippen molar-refractivity contribution in [2.75, 3.05) is 0 Å². The number of phenolic OH excluding ortho intramolecular Hbond substituents is 1. The topological polar surface area (TPSA) is 106 Å². The van der Waals surface area contributed by atoms with E-state index in [-0.39, 0.29) is 26.5 Å². The van der Waals surface area contributed by atoms with Crippen molar-refractivity contribution < 1.29 is 14.8 Å². The Kier molecular flexibility index (Phi) is 4.08. The van der Waals surface area contributed by atoms with Crippen LogP contribution in [0.1, 0.15) is 5.56 Å². The fraction of sp³-hybridized carbons (Fsp3) is 0. The lowest BCUT2D eigenvalue weighted by atomic mass is 10.1. The third-order valence-corrected chi connectivity index (χ3v) is 3.21. The number of rotatable bonds is 3. The Balaban J connectivity index is 3.42. The molecule has 0 aromatic heterocycles. The minimum absolute atomic E-state index is 0.0297. The molecular weight excluding hydrogens is 315 g/mol. The predicted molar refractivity (Wildman–Crippen MR) is 65.7 cm³/mol. The highest BCUT2D eigenvalue weighted by molar-refractivity contribution is 9.10. The monoisotopic (exact) mass is 320 g/mol. The van der Waals surface area contributed by atoms with Crippen molar-refractivity contribution in [1.29, 1.82) is 0 Å². The molecule has 0 aliphatic carbocycles. The molecule has 0 saturated carbocycles. The fourth-order valence-electron chi connectivity index (χ4n) is 1.05. The second-order valence-corrected chi connectivity index (χ2v) is 4.13. The molecule has 1 aromatic carbocycles. The van der Waals surface area contributed by atoms with Crippen LogP contribution in [0.5, 0.6) is 5.75 Å². The number of nitrogens with two attached hydrogens (primary N) is 1. The van der Waals surface area contributed by atoms with Crippen molar-refractivity contribution in [3.63, 3.8) is 0 Å². The fourth-order valence-corrected chi connectivity index (χ4v) is 1.71. The Hall–Kier alpha value is -1.60. The van der Waals surface area contributed by atoms with Gasteiger partial charge in [-0.15, -0.1) is 0 Å². The zero-order valence-electron chi connectivity index (χ0n) is 8.18. The molecule has 0 fully saturated rings. The third kappa shape index (κ3) is 2.95. The van der Waals surface area contributed by atoms with E-state index in [2.05, 4.69) is 15.9 Å². The van der Waals surface area contributed by atoms with Crippen molar-refractivity contribution in [3.05, 3.63) is 37.3 Å². The molecule has 0 aliphatic rings. The van der Waals surface area contributed by atoms with Crippen molar-refractivity contribution in [2.24, 2.45) is 5.73 Å². The largest absolute Gasteiger partial charge is 0.506 e. The van der Waals surface area contributed by atoms with Crippen molar-refractivity contribution >= 4 is 45.2 Å². The molecule has 0 radical (unpaired) electrons. The lowest BCUT2D eigenvalue weighted by Gasteiger charge is -2.04. The van der Waals surface area contributed by atoms with Crippen molar-refractivity contribution in [1.82, 2.24) is 0 Å². The summed E-state index contributed by atoms with van der Waals surface area (Å²) in [6.07, 6.45) is 2.10. The highest BCUT2D eigenvalue weighted by Crippen LogP contribution is 2.41. The summed E-state index contributed by atoms with van der Waals surface area (Å²) in [5.74, 6) is -1.12. The molecule has 1 amide bonds. The first-order valence-corrected chi connectivity index (χ1v) is 5.34. The maximum atomic E-state index is 10.7. The van der Waals surface area contributed by atoms with Gasteiger partial charge in [0.2, 0.25) is 5.91 Å². The van der Waals surface area contributed by atoms with E-state index in [9.17, 15) is 20.0 Å². The number of benzene rings is 1. The molecule has 0 unspecified atom stereocenters. The van der Waals surface area contributed by atoms with Gasteiger partial charge in [0.25, 0.3) is 5.69 Å². The van der Waals surface area contributed by atoms with Gasteiger partial charge in [0.15, 0.2) is 0 Å². The van der Waals surface area contributed by atoms with Crippen LogP contribution < -0.4 is 5.73 Å². The van der Waals surface area contributed by atoms with Gasteiger partial charge in [-0.25, -0.2) is 0 Å². The number of halogens is 2. The number of hydrogen-bond donors (Lipinski definition) is 2. The minimum Gasteiger partial charge on any atom is -0.506 e. The van der Waals surface area contributed by atoms with E-state index < -0.39 is 10.8 Å². The second-order valence-electron chi connectivity index (χ2n) is 2.95. The van der Waals surface area contributed by atoms with Gasteiger partial charge < -0.3 is 10.8 Å². The van der Waals surface area contributed by atoms with Crippen LogP contribution in [-0.4, -0.2) is 15.9 Å². The standard InChI is InChI=1S/C9H6BrClN2O4/c10-7-5(13(16)17)3-4(1-2-6(12)14)9(15)8(7)11/h1-3,15H,(H2,12,14)/b2-1+. The number of carbonyl (C=O) groups is 1. The predicted octanol–water partition coefficient (Wildman–Crippen LogP) is 2.21. The number of carbonyl (C=O) groups excluding carboxylic acids is 1. The zero-order chi connectivity index (χ0) is 13.2. The molecule has 1 aromatic rings. The lowest BCUT2D eigenvalue weighted by Crippen LogP contribution is -2.05. The van der Waals surface area contributed by atoms with Crippen molar-refractivity contribution in [2.45, 2.75) is 0 Å². The summed E-state index contributed by atoms with van der Waals surface area (Å²) in [7, 11) is 0. The maximum Gasteiger partial charge on any atom is 0.285 e. The molecule has 0 aliphatic heterocycles. The Labute approximate surface area is 109 Å². The molecule has 90 valence electrons. The molecule has 0 bridgehead atoms. The SMILES string of the molecule is NC(=O)/C=C/c1cc([N+](=O)[O-])c(Br)c(Cl)c1O. The van der Waals surface area contributed by atoms with Gasteiger partial charge in [-0.05, 0) is 22.0 Å². The molecule has 0 atom stereocenters. The van der Waals surface area contributed by atoms with Gasteiger partial charge in [0.05, 0.1) is 4.92 Å². The Morgan fingerprint density at radius 1 is 1.65 bits per heavy atom. The highest BCUT2D eigenvalue weighted by Gasteiger charge is 2.20. The van der Waals surface area contributed by atoms with Gasteiger partial charge in [0.1, 0.15) is 15.2 Å². The molecule has 0 heterocycles.